The lowest BCUT2D eigenvalue weighted by molar-refractivity contribution is -0.133. The zero-order chi connectivity index (χ0) is 12.1. The molecule has 0 amide bonds. The highest BCUT2D eigenvalue weighted by atomic mass is 16.5. The van der Waals surface area contributed by atoms with Crippen LogP contribution in [-0.4, -0.2) is 17.0 Å². The Labute approximate surface area is 89.8 Å². The van der Waals surface area contributed by atoms with Gasteiger partial charge in [-0.25, -0.2) is 9.59 Å². The lowest BCUT2D eigenvalue weighted by Crippen LogP contribution is -2.13. The second kappa shape index (κ2) is 4.92. The molecule has 6 heteroatoms. The maximum atomic E-state index is 11.2. The van der Waals surface area contributed by atoms with Crippen LogP contribution in [0, 0.1) is 6.92 Å². The largest absolute Gasteiger partial charge is 0.478 e. The normalized spacial score (nSPS) is 10.3. The molecule has 1 N–H and O–H groups in total. The molecule has 1 aromatic rings. The van der Waals surface area contributed by atoms with Gasteiger partial charge in [-0.3, -0.25) is 4.79 Å². The Morgan fingerprint density at radius 3 is 2.69 bits per heavy atom. The topological polar surface area (TPSA) is 93.8 Å². The van der Waals surface area contributed by atoms with E-state index in [1.807, 2.05) is 0 Å². The number of carbonyl (C=O) groups excluding carboxylic acids is 1. The van der Waals surface area contributed by atoms with Crippen molar-refractivity contribution in [1.29, 1.82) is 0 Å². The second-order valence-corrected chi connectivity index (χ2v) is 2.76. The maximum Gasteiger partial charge on any atom is 0.336 e. The molecule has 0 aliphatic rings. The molecule has 1 rings (SSSR count). The van der Waals surface area contributed by atoms with Gasteiger partial charge < -0.3 is 14.3 Å². The number of rotatable bonds is 3. The van der Waals surface area contributed by atoms with E-state index in [0.29, 0.717) is 12.2 Å². The number of hydrogen-bond acceptors (Lipinski definition) is 5. The minimum atomic E-state index is -1.28. The third kappa shape index (κ3) is 3.09. The monoisotopic (exact) mass is 224 g/mol. The molecule has 0 saturated heterocycles. The van der Waals surface area contributed by atoms with Crippen LogP contribution in [0.15, 0.2) is 33.7 Å². The van der Waals surface area contributed by atoms with Crippen LogP contribution in [0.2, 0.25) is 0 Å². The molecule has 16 heavy (non-hydrogen) atoms. The van der Waals surface area contributed by atoms with Crippen molar-refractivity contribution >= 4 is 11.9 Å². The predicted molar refractivity (Wildman–Crippen MR) is 52.1 cm³/mol. The Kier molecular flexibility index (Phi) is 3.60. The molecular weight excluding hydrogens is 216 g/mol. The summed E-state index contributed by atoms with van der Waals surface area (Å²) in [5.41, 5.74) is -0.513. The lowest BCUT2D eigenvalue weighted by Gasteiger charge is -2.01. The number of aliphatic carboxylic acids is 1. The number of ether oxygens (including phenoxy) is 1. The molecular formula is C10H8O6. The summed E-state index contributed by atoms with van der Waals surface area (Å²) in [6.07, 6.45) is 2.48. The SMILES string of the molecule is Cc1occc(=O)c1OC(=O)C=CC(=O)O. The minimum Gasteiger partial charge on any atom is -0.478 e. The van der Waals surface area contributed by atoms with Crippen molar-refractivity contribution in [1.82, 2.24) is 0 Å². The molecule has 0 bridgehead atoms. The number of carbonyl (C=O) groups is 2. The fraction of sp³-hybridized carbons (Fsp3) is 0.100. The number of hydrogen-bond donors (Lipinski definition) is 1. The number of aryl methyl sites for hydroxylation is 1. The Morgan fingerprint density at radius 2 is 2.12 bits per heavy atom. The van der Waals surface area contributed by atoms with Gasteiger partial charge in [-0.1, -0.05) is 0 Å². The fourth-order valence-corrected chi connectivity index (χ4v) is 0.897. The van der Waals surface area contributed by atoms with E-state index in [1.165, 1.54) is 13.2 Å². The molecule has 6 nitrogen and oxygen atoms in total. The van der Waals surface area contributed by atoms with Gasteiger partial charge in [-0.05, 0) is 6.92 Å². The predicted octanol–water partition coefficient (Wildman–Crippen LogP) is 0.494. The number of carboxylic acid groups (broad SMARTS) is 1. The third-order valence-electron chi connectivity index (χ3n) is 1.57. The summed E-state index contributed by atoms with van der Waals surface area (Å²) in [5, 5.41) is 8.26. The molecule has 0 unspecified atom stereocenters. The molecule has 0 aromatic carbocycles. The van der Waals surface area contributed by atoms with Crippen LogP contribution in [0.4, 0.5) is 0 Å². The Bertz CT molecular complexity index is 496. The number of carboxylic acids is 1. The van der Waals surface area contributed by atoms with E-state index >= 15 is 0 Å². The lowest BCUT2D eigenvalue weighted by atomic mass is 10.4. The Hall–Kier alpha value is -2.37. The van der Waals surface area contributed by atoms with Crippen molar-refractivity contribution < 1.29 is 23.8 Å². The molecule has 0 fully saturated rings. The standard InChI is InChI=1S/C10H8O6/c1-6-10(7(11)4-5-15-6)16-9(14)3-2-8(12)13/h2-5H,1H3,(H,12,13). The van der Waals surface area contributed by atoms with E-state index in [9.17, 15) is 14.4 Å². The van der Waals surface area contributed by atoms with Crippen molar-refractivity contribution in [2.24, 2.45) is 0 Å². The second-order valence-electron chi connectivity index (χ2n) is 2.76. The van der Waals surface area contributed by atoms with Crippen LogP contribution in [0.3, 0.4) is 0 Å². The van der Waals surface area contributed by atoms with Gasteiger partial charge in [0.1, 0.15) is 5.76 Å². The molecule has 0 saturated carbocycles. The molecule has 84 valence electrons. The van der Waals surface area contributed by atoms with E-state index in [4.69, 9.17) is 9.52 Å². The van der Waals surface area contributed by atoms with E-state index in [2.05, 4.69) is 4.74 Å². The van der Waals surface area contributed by atoms with E-state index in [-0.39, 0.29) is 11.5 Å². The summed E-state index contributed by atoms with van der Waals surface area (Å²) in [6.45, 7) is 1.45. The summed E-state index contributed by atoms with van der Waals surface area (Å²) in [7, 11) is 0. The minimum absolute atomic E-state index is 0.143. The first-order chi connectivity index (χ1) is 7.50. The van der Waals surface area contributed by atoms with Gasteiger partial charge in [-0.15, -0.1) is 0 Å². The zero-order valence-electron chi connectivity index (χ0n) is 8.30. The summed E-state index contributed by atoms with van der Waals surface area (Å²) < 4.78 is 9.48. The van der Waals surface area contributed by atoms with Crippen molar-refractivity contribution in [2.45, 2.75) is 6.92 Å². The molecule has 0 radical (unpaired) electrons. The Balaban J connectivity index is 2.85. The first-order valence-electron chi connectivity index (χ1n) is 4.22. The summed E-state index contributed by atoms with van der Waals surface area (Å²) in [5.74, 6) is -2.34. The van der Waals surface area contributed by atoms with Gasteiger partial charge in [-0.2, -0.15) is 0 Å². The van der Waals surface area contributed by atoms with Gasteiger partial charge in [0.2, 0.25) is 11.2 Å². The zero-order valence-corrected chi connectivity index (χ0v) is 8.30. The highest BCUT2D eigenvalue weighted by Gasteiger charge is 2.10. The van der Waals surface area contributed by atoms with Gasteiger partial charge in [0, 0.05) is 18.2 Å². The van der Waals surface area contributed by atoms with Crippen molar-refractivity contribution in [2.75, 3.05) is 0 Å². The van der Waals surface area contributed by atoms with Gasteiger partial charge in [0.15, 0.2) is 0 Å². The summed E-state index contributed by atoms with van der Waals surface area (Å²) in [4.78, 5) is 32.4. The molecule has 1 aromatic heterocycles. The van der Waals surface area contributed by atoms with E-state index < -0.39 is 17.4 Å². The van der Waals surface area contributed by atoms with Crippen molar-refractivity contribution in [3.63, 3.8) is 0 Å². The molecule has 1 heterocycles. The van der Waals surface area contributed by atoms with Crippen LogP contribution in [0.1, 0.15) is 5.76 Å². The molecule has 0 aliphatic carbocycles. The van der Waals surface area contributed by atoms with Crippen molar-refractivity contribution in [3.05, 3.63) is 40.5 Å². The third-order valence-corrected chi connectivity index (χ3v) is 1.57. The van der Waals surface area contributed by atoms with Crippen LogP contribution in [-0.2, 0) is 9.59 Å². The first kappa shape index (κ1) is 11.7. The average Bonchev–Trinajstić information content (AvgIpc) is 2.21. The van der Waals surface area contributed by atoms with Gasteiger partial charge in [0.05, 0.1) is 6.26 Å². The highest BCUT2D eigenvalue weighted by molar-refractivity contribution is 5.91. The highest BCUT2D eigenvalue weighted by Crippen LogP contribution is 2.10. The maximum absolute atomic E-state index is 11.2. The van der Waals surface area contributed by atoms with Crippen LogP contribution >= 0.6 is 0 Å². The average molecular weight is 224 g/mol. The quantitative estimate of drug-likeness (QED) is 0.593. The molecule has 0 spiro atoms. The van der Waals surface area contributed by atoms with E-state index in [0.717, 1.165) is 6.07 Å². The number of esters is 1. The Morgan fingerprint density at radius 1 is 1.44 bits per heavy atom. The molecule has 0 aliphatic heterocycles. The fourth-order valence-electron chi connectivity index (χ4n) is 0.897. The van der Waals surface area contributed by atoms with E-state index in [1.54, 1.807) is 0 Å². The first-order valence-corrected chi connectivity index (χ1v) is 4.22. The van der Waals surface area contributed by atoms with Crippen LogP contribution in [0.5, 0.6) is 5.75 Å². The molecule has 0 atom stereocenters. The van der Waals surface area contributed by atoms with Crippen LogP contribution < -0.4 is 10.2 Å². The van der Waals surface area contributed by atoms with Gasteiger partial charge >= 0.3 is 11.9 Å². The smallest absolute Gasteiger partial charge is 0.336 e. The summed E-state index contributed by atoms with van der Waals surface area (Å²) >= 11 is 0. The van der Waals surface area contributed by atoms with Crippen molar-refractivity contribution in [3.8, 4) is 5.75 Å². The van der Waals surface area contributed by atoms with Crippen LogP contribution in [0.25, 0.3) is 0 Å². The van der Waals surface area contributed by atoms with Gasteiger partial charge in [0.25, 0.3) is 0 Å². The summed E-state index contributed by atoms with van der Waals surface area (Å²) in [6, 6.07) is 1.09.